The quantitative estimate of drug-likeness (QED) is 0.708. The molecule has 5 nitrogen and oxygen atoms in total. The van der Waals surface area contributed by atoms with E-state index in [1.807, 2.05) is 0 Å². The number of carbonyl (C=O) groups excluding carboxylic acids is 1. The number of rotatable bonds is 3. The van der Waals surface area contributed by atoms with Crippen molar-refractivity contribution in [2.75, 3.05) is 20.2 Å². The average Bonchev–Trinajstić information content (AvgIpc) is 2.82. The highest BCUT2D eigenvalue weighted by atomic mass is 16.5. The number of carbonyl (C=O) groups is 1. The number of ether oxygens (including phenoxy) is 1. The SMILES string of the molecule is COC(=O)c1cnc(CN2CCCC2)cn1. The standard InChI is InChI=1S/C11H15N3O2/c1-16-11(15)10-7-12-9(6-13-10)8-14-4-2-3-5-14/h6-7H,2-5,8H2,1H3. The number of hydrogen-bond acceptors (Lipinski definition) is 5. The van der Waals surface area contributed by atoms with Crippen LogP contribution in [0.3, 0.4) is 0 Å². The molecule has 0 saturated carbocycles. The van der Waals surface area contributed by atoms with Gasteiger partial charge in [-0.25, -0.2) is 9.78 Å². The smallest absolute Gasteiger partial charge is 0.358 e. The van der Waals surface area contributed by atoms with Gasteiger partial charge in [-0.2, -0.15) is 0 Å². The molecule has 86 valence electrons. The van der Waals surface area contributed by atoms with E-state index in [2.05, 4.69) is 19.6 Å². The van der Waals surface area contributed by atoms with Crippen molar-refractivity contribution in [1.82, 2.24) is 14.9 Å². The van der Waals surface area contributed by atoms with Gasteiger partial charge in [0, 0.05) is 6.54 Å². The fourth-order valence-corrected chi connectivity index (χ4v) is 1.82. The Kier molecular flexibility index (Phi) is 3.46. The minimum Gasteiger partial charge on any atom is -0.464 e. The van der Waals surface area contributed by atoms with Crippen molar-refractivity contribution in [2.24, 2.45) is 0 Å². The molecule has 1 aliphatic heterocycles. The lowest BCUT2D eigenvalue weighted by atomic mass is 10.4. The van der Waals surface area contributed by atoms with Crippen LogP contribution in [0.1, 0.15) is 29.0 Å². The largest absolute Gasteiger partial charge is 0.464 e. The molecule has 16 heavy (non-hydrogen) atoms. The van der Waals surface area contributed by atoms with Gasteiger partial charge in [0.15, 0.2) is 5.69 Å². The van der Waals surface area contributed by atoms with Crippen molar-refractivity contribution in [3.63, 3.8) is 0 Å². The van der Waals surface area contributed by atoms with Crippen LogP contribution in [0.5, 0.6) is 0 Å². The molecule has 5 heteroatoms. The van der Waals surface area contributed by atoms with Gasteiger partial charge >= 0.3 is 5.97 Å². The first kappa shape index (κ1) is 11.0. The Balaban J connectivity index is 1.98. The molecule has 0 N–H and O–H groups in total. The Hall–Kier alpha value is -1.49. The van der Waals surface area contributed by atoms with E-state index in [-0.39, 0.29) is 5.69 Å². The highest BCUT2D eigenvalue weighted by Gasteiger charge is 2.13. The summed E-state index contributed by atoms with van der Waals surface area (Å²) in [5, 5.41) is 0. The average molecular weight is 221 g/mol. The number of hydrogen-bond donors (Lipinski definition) is 0. The summed E-state index contributed by atoms with van der Waals surface area (Å²) in [5.74, 6) is -0.444. The monoisotopic (exact) mass is 221 g/mol. The van der Waals surface area contributed by atoms with Crippen molar-refractivity contribution >= 4 is 5.97 Å². The number of nitrogens with zero attached hydrogens (tertiary/aromatic N) is 3. The number of methoxy groups -OCH3 is 1. The summed E-state index contributed by atoms with van der Waals surface area (Å²) < 4.78 is 4.56. The van der Waals surface area contributed by atoms with Crippen molar-refractivity contribution in [1.29, 1.82) is 0 Å². The fourth-order valence-electron chi connectivity index (χ4n) is 1.82. The van der Waals surface area contributed by atoms with Gasteiger partial charge < -0.3 is 4.74 Å². The summed E-state index contributed by atoms with van der Waals surface area (Å²) in [7, 11) is 1.34. The molecule has 0 bridgehead atoms. The van der Waals surface area contributed by atoms with Gasteiger partial charge in [0.1, 0.15) is 0 Å². The molecule has 1 aliphatic rings. The molecule has 0 radical (unpaired) electrons. The summed E-state index contributed by atoms with van der Waals surface area (Å²) in [4.78, 5) is 21.7. The first-order chi connectivity index (χ1) is 7.79. The topological polar surface area (TPSA) is 55.3 Å². The second kappa shape index (κ2) is 5.03. The zero-order valence-electron chi connectivity index (χ0n) is 9.35. The van der Waals surface area contributed by atoms with Gasteiger partial charge in [0.25, 0.3) is 0 Å². The third kappa shape index (κ3) is 2.55. The van der Waals surface area contributed by atoms with Gasteiger partial charge in [-0.05, 0) is 25.9 Å². The molecule has 0 spiro atoms. The summed E-state index contributed by atoms with van der Waals surface area (Å²) >= 11 is 0. The molecule has 0 aromatic carbocycles. The maximum Gasteiger partial charge on any atom is 0.358 e. The predicted molar refractivity (Wildman–Crippen MR) is 57.9 cm³/mol. The summed E-state index contributed by atoms with van der Waals surface area (Å²) in [6.45, 7) is 3.06. The van der Waals surface area contributed by atoms with Gasteiger partial charge in [0.05, 0.1) is 25.2 Å². The van der Waals surface area contributed by atoms with E-state index in [9.17, 15) is 4.79 Å². The lowest BCUT2D eigenvalue weighted by Crippen LogP contribution is -2.19. The molecule has 2 heterocycles. The molecule has 0 unspecified atom stereocenters. The molecular formula is C11H15N3O2. The van der Waals surface area contributed by atoms with Gasteiger partial charge in [0.2, 0.25) is 0 Å². The fraction of sp³-hybridized carbons (Fsp3) is 0.545. The van der Waals surface area contributed by atoms with Crippen molar-refractivity contribution in [3.8, 4) is 0 Å². The van der Waals surface area contributed by atoms with Crippen LogP contribution in [-0.4, -0.2) is 41.0 Å². The molecule has 1 aromatic rings. The molecule has 2 rings (SSSR count). The predicted octanol–water partition coefficient (Wildman–Crippen LogP) is 0.859. The molecule has 1 saturated heterocycles. The Labute approximate surface area is 94.5 Å². The zero-order chi connectivity index (χ0) is 11.4. The maximum atomic E-state index is 11.1. The van der Waals surface area contributed by atoms with E-state index in [0.29, 0.717) is 0 Å². The zero-order valence-corrected chi connectivity index (χ0v) is 9.35. The normalized spacial score (nSPS) is 16.3. The highest BCUT2D eigenvalue weighted by Crippen LogP contribution is 2.10. The number of likely N-dealkylation sites (tertiary alicyclic amines) is 1. The van der Waals surface area contributed by atoms with Crippen LogP contribution in [0.2, 0.25) is 0 Å². The van der Waals surface area contributed by atoms with Crippen LogP contribution in [0.25, 0.3) is 0 Å². The second-order valence-electron chi connectivity index (χ2n) is 3.87. The van der Waals surface area contributed by atoms with Crippen LogP contribution in [-0.2, 0) is 11.3 Å². The first-order valence-electron chi connectivity index (χ1n) is 5.41. The Bertz CT molecular complexity index is 358. The van der Waals surface area contributed by atoms with E-state index in [4.69, 9.17) is 0 Å². The molecule has 0 atom stereocenters. The van der Waals surface area contributed by atoms with Crippen LogP contribution in [0.15, 0.2) is 12.4 Å². The van der Waals surface area contributed by atoms with E-state index in [1.165, 1.54) is 26.1 Å². The summed E-state index contributed by atoms with van der Waals surface area (Å²) in [6, 6.07) is 0. The van der Waals surface area contributed by atoms with Crippen LogP contribution >= 0.6 is 0 Å². The third-order valence-electron chi connectivity index (χ3n) is 2.68. The lowest BCUT2D eigenvalue weighted by Gasteiger charge is -2.13. The van der Waals surface area contributed by atoms with E-state index in [0.717, 1.165) is 25.3 Å². The van der Waals surface area contributed by atoms with Crippen LogP contribution < -0.4 is 0 Å². The van der Waals surface area contributed by atoms with Crippen LogP contribution in [0, 0.1) is 0 Å². The van der Waals surface area contributed by atoms with E-state index < -0.39 is 5.97 Å². The Morgan fingerprint density at radius 3 is 2.69 bits per heavy atom. The molecule has 1 fully saturated rings. The minimum atomic E-state index is -0.444. The third-order valence-corrected chi connectivity index (χ3v) is 2.68. The molecule has 1 aromatic heterocycles. The molecular weight excluding hydrogens is 206 g/mol. The summed E-state index contributed by atoms with van der Waals surface area (Å²) in [6.07, 6.45) is 5.63. The Morgan fingerprint density at radius 2 is 2.12 bits per heavy atom. The van der Waals surface area contributed by atoms with Gasteiger partial charge in [-0.1, -0.05) is 0 Å². The van der Waals surface area contributed by atoms with Crippen LogP contribution in [0.4, 0.5) is 0 Å². The first-order valence-corrected chi connectivity index (χ1v) is 5.41. The van der Waals surface area contributed by atoms with E-state index >= 15 is 0 Å². The maximum absolute atomic E-state index is 11.1. The second-order valence-corrected chi connectivity index (χ2v) is 3.87. The molecule has 0 aliphatic carbocycles. The van der Waals surface area contributed by atoms with E-state index in [1.54, 1.807) is 6.20 Å². The highest BCUT2D eigenvalue weighted by molar-refractivity contribution is 5.86. The Morgan fingerprint density at radius 1 is 1.38 bits per heavy atom. The molecule has 0 amide bonds. The summed E-state index contributed by atoms with van der Waals surface area (Å²) in [5.41, 5.74) is 1.15. The number of esters is 1. The van der Waals surface area contributed by atoms with Gasteiger partial charge in [-0.3, -0.25) is 9.88 Å². The van der Waals surface area contributed by atoms with Crippen molar-refractivity contribution < 1.29 is 9.53 Å². The van der Waals surface area contributed by atoms with Gasteiger partial charge in [-0.15, -0.1) is 0 Å². The number of aromatic nitrogens is 2. The minimum absolute atomic E-state index is 0.257. The van der Waals surface area contributed by atoms with Crippen molar-refractivity contribution in [2.45, 2.75) is 19.4 Å². The lowest BCUT2D eigenvalue weighted by molar-refractivity contribution is 0.0593. The van der Waals surface area contributed by atoms with Crippen molar-refractivity contribution in [3.05, 3.63) is 23.8 Å².